The van der Waals surface area contributed by atoms with Gasteiger partial charge in [-0.15, -0.1) is 0 Å². The van der Waals surface area contributed by atoms with Crippen LogP contribution in [0.15, 0.2) is 49.1 Å². The molecular formula is C22H27NO4. The molecule has 0 aliphatic heterocycles. The number of benzene rings is 2. The van der Waals surface area contributed by atoms with Gasteiger partial charge in [0.25, 0.3) is 5.91 Å². The molecule has 0 fully saturated rings. The standard InChI is InChI=1S/C22H27NO4/c1-6-10-27-20-8-7-18(15-21(20)25-5)22(24)23(4)9-11-26-19-13-16(2)12-17(3)14-19/h6-8,12-15H,1,9-11H2,2-5H3. The Balaban J connectivity index is 1.96. The van der Waals surface area contributed by atoms with Gasteiger partial charge >= 0.3 is 0 Å². The first-order chi connectivity index (χ1) is 12.9. The van der Waals surface area contributed by atoms with Gasteiger partial charge < -0.3 is 19.1 Å². The summed E-state index contributed by atoms with van der Waals surface area (Å²) in [6.07, 6.45) is 1.65. The Kier molecular flexibility index (Phi) is 7.29. The van der Waals surface area contributed by atoms with Gasteiger partial charge in [0.05, 0.1) is 13.7 Å². The highest BCUT2D eigenvalue weighted by Crippen LogP contribution is 2.28. The minimum atomic E-state index is -0.104. The summed E-state index contributed by atoms with van der Waals surface area (Å²) in [5.41, 5.74) is 2.84. The summed E-state index contributed by atoms with van der Waals surface area (Å²) in [7, 11) is 3.30. The molecule has 5 heteroatoms. The lowest BCUT2D eigenvalue weighted by molar-refractivity contribution is 0.0773. The molecule has 0 aromatic heterocycles. The molecule has 0 radical (unpaired) electrons. The molecule has 0 unspecified atom stereocenters. The Morgan fingerprint density at radius 2 is 1.78 bits per heavy atom. The first-order valence-electron chi connectivity index (χ1n) is 8.83. The second kappa shape index (κ2) is 9.67. The highest BCUT2D eigenvalue weighted by Gasteiger charge is 2.15. The molecular weight excluding hydrogens is 342 g/mol. The SMILES string of the molecule is C=CCOc1ccc(C(=O)N(C)CCOc2cc(C)cc(C)c2)cc1OC. The summed E-state index contributed by atoms with van der Waals surface area (Å²) in [5.74, 6) is 1.81. The number of methoxy groups -OCH3 is 1. The number of hydrogen-bond acceptors (Lipinski definition) is 4. The van der Waals surface area contributed by atoms with Gasteiger partial charge in [0.1, 0.15) is 19.0 Å². The van der Waals surface area contributed by atoms with Crippen molar-refractivity contribution < 1.29 is 19.0 Å². The second-order valence-corrected chi connectivity index (χ2v) is 6.36. The monoisotopic (exact) mass is 369 g/mol. The third kappa shape index (κ3) is 5.78. The summed E-state index contributed by atoms with van der Waals surface area (Å²) in [6.45, 7) is 8.96. The van der Waals surface area contributed by atoms with Gasteiger partial charge in [-0.1, -0.05) is 18.7 Å². The van der Waals surface area contributed by atoms with Crippen LogP contribution in [-0.4, -0.2) is 44.7 Å². The maximum absolute atomic E-state index is 12.6. The molecule has 0 bridgehead atoms. The fourth-order valence-electron chi connectivity index (χ4n) is 2.71. The molecule has 0 saturated heterocycles. The van der Waals surface area contributed by atoms with Crippen LogP contribution in [0.4, 0.5) is 0 Å². The molecule has 2 rings (SSSR count). The van der Waals surface area contributed by atoms with Crippen molar-refractivity contribution >= 4 is 5.91 Å². The van der Waals surface area contributed by atoms with E-state index < -0.39 is 0 Å². The van der Waals surface area contributed by atoms with E-state index >= 15 is 0 Å². The molecule has 0 aliphatic rings. The van der Waals surface area contributed by atoms with Crippen LogP contribution in [0.3, 0.4) is 0 Å². The molecule has 0 spiro atoms. The van der Waals surface area contributed by atoms with E-state index in [2.05, 4.69) is 12.6 Å². The largest absolute Gasteiger partial charge is 0.493 e. The van der Waals surface area contributed by atoms with E-state index in [1.807, 2.05) is 26.0 Å². The lowest BCUT2D eigenvalue weighted by Crippen LogP contribution is -2.30. The van der Waals surface area contributed by atoms with Crippen LogP contribution < -0.4 is 14.2 Å². The summed E-state index contributed by atoms with van der Waals surface area (Å²) < 4.78 is 16.6. The van der Waals surface area contributed by atoms with E-state index in [1.165, 1.54) is 0 Å². The fraction of sp³-hybridized carbons (Fsp3) is 0.318. The molecule has 0 N–H and O–H groups in total. The maximum atomic E-state index is 12.6. The summed E-state index contributed by atoms with van der Waals surface area (Å²) in [6, 6.07) is 11.2. The van der Waals surface area contributed by atoms with Crippen LogP contribution in [-0.2, 0) is 0 Å². The first-order valence-corrected chi connectivity index (χ1v) is 8.83. The minimum absolute atomic E-state index is 0.104. The molecule has 0 saturated carbocycles. The molecule has 2 aromatic rings. The molecule has 1 amide bonds. The van der Waals surface area contributed by atoms with Crippen molar-refractivity contribution in [2.75, 3.05) is 33.9 Å². The van der Waals surface area contributed by atoms with E-state index in [0.717, 1.165) is 16.9 Å². The fourth-order valence-corrected chi connectivity index (χ4v) is 2.71. The van der Waals surface area contributed by atoms with Crippen LogP contribution in [0.25, 0.3) is 0 Å². The third-order valence-electron chi connectivity index (χ3n) is 4.00. The van der Waals surface area contributed by atoms with Crippen molar-refractivity contribution in [3.63, 3.8) is 0 Å². The van der Waals surface area contributed by atoms with Crippen LogP contribution in [0.1, 0.15) is 21.5 Å². The lowest BCUT2D eigenvalue weighted by atomic mass is 10.1. The third-order valence-corrected chi connectivity index (χ3v) is 4.00. The predicted molar refractivity (Wildman–Crippen MR) is 107 cm³/mol. The molecule has 0 atom stereocenters. The van der Waals surface area contributed by atoms with Gasteiger partial charge in [-0.05, 0) is 55.3 Å². The Bertz CT molecular complexity index is 781. The van der Waals surface area contributed by atoms with E-state index in [4.69, 9.17) is 14.2 Å². The first kappa shape index (κ1) is 20.4. The second-order valence-electron chi connectivity index (χ2n) is 6.36. The van der Waals surface area contributed by atoms with Gasteiger partial charge in [-0.2, -0.15) is 0 Å². The smallest absolute Gasteiger partial charge is 0.253 e. The topological polar surface area (TPSA) is 48.0 Å². The van der Waals surface area contributed by atoms with E-state index in [1.54, 1.807) is 43.3 Å². The molecule has 27 heavy (non-hydrogen) atoms. The van der Waals surface area contributed by atoms with Crippen LogP contribution in [0, 0.1) is 13.8 Å². The van der Waals surface area contributed by atoms with Crippen LogP contribution in [0.5, 0.6) is 17.2 Å². The Labute approximate surface area is 161 Å². The predicted octanol–water partition coefficient (Wildman–Crippen LogP) is 4.03. The molecule has 5 nitrogen and oxygen atoms in total. The van der Waals surface area contributed by atoms with Crippen molar-refractivity contribution in [2.45, 2.75) is 13.8 Å². The van der Waals surface area contributed by atoms with Crippen molar-refractivity contribution in [1.82, 2.24) is 4.90 Å². The lowest BCUT2D eigenvalue weighted by Gasteiger charge is -2.19. The van der Waals surface area contributed by atoms with E-state index in [9.17, 15) is 4.79 Å². The minimum Gasteiger partial charge on any atom is -0.493 e. The van der Waals surface area contributed by atoms with E-state index in [0.29, 0.717) is 36.8 Å². The van der Waals surface area contributed by atoms with E-state index in [-0.39, 0.29) is 5.91 Å². The average Bonchev–Trinajstić information content (AvgIpc) is 2.64. The molecule has 0 heterocycles. The number of amides is 1. The number of likely N-dealkylation sites (N-methyl/N-ethyl adjacent to an activating group) is 1. The molecule has 2 aromatic carbocycles. The summed E-state index contributed by atoms with van der Waals surface area (Å²) in [4.78, 5) is 14.3. The number of carbonyl (C=O) groups is 1. The Morgan fingerprint density at radius 3 is 2.41 bits per heavy atom. The zero-order valence-corrected chi connectivity index (χ0v) is 16.5. The van der Waals surface area contributed by atoms with Crippen molar-refractivity contribution in [1.29, 1.82) is 0 Å². The summed E-state index contributed by atoms with van der Waals surface area (Å²) in [5, 5.41) is 0. The number of rotatable bonds is 9. The summed E-state index contributed by atoms with van der Waals surface area (Å²) >= 11 is 0. The van der Waals surface area contributed by atoms with Gasteiger partial charge in [0, 0.05) is 12.6 Å². The van der Waals surface area contributed by atoms with Crippen molar-refractivity contribution in [2.24, 2.45) is 0 Å². The Hall–Kier alpha value is -2.95. The highest BCUT2D eigenvalue weighted by molar-refractivity contribution is 5.94. The van der Waals surface area contributed by atoms with Crippen LogP contribution in [0.2, 0.25) is 0 Å². The Morgan fingerprint density at radius 1 is 1.07 bits per heavy atom. The number of aryl methyl sites for hydroxylation is 2. The van der Waals surface area contributed by atoms with Gasteiger partial charge in [0.2, 0.25) is 0 Å². The van der Waals surface area contributed by atoms with Gasteiger partial charge in [-0.3, -0.25) is 4.79 Å². The van der Waals surface area contributed by atoms with Crippen molar-refractivity contribution in [3.05, 3.63) is 65.7 Å². The number of hydrogen-bond donors (Lipinski definition) is 0. The van der Waals surface area contributed by atoms with Crippen LogP contribution >= 0.6 is 0 Å². The number of ether oxygens (including phenoxy) is 3. The molecule has 144 valence electrons. The highest BCUT2D eigenvalue weighted by atomic mass is 16.5. The average molecular weight is 369 g/mol. The molecule has 0 aliphatic carbocycles. The van der Waals surface area contributed by atoms with Crippen molar-refractivity contribution in [3.8, 4) is 17.2 Å². The zero-order valence-electron chi connectivity index (χ0n) is 16.5. The van der Waals surface area contributed by atoms with Gasteiger partial charge in [0.15, 0.2) is 11.5 Å². The zero-order chi connectivity index (χ0) is 19.8. The quantitative estimate of drug-likeness (QED) is 0.626. The number of nitrogens with zero attached hydrogens (tertiary/aromatic N) is 1. The normalized spacial score (nSPS) is 10.2. The van der Waals surface area contributed by atoms with Gasteiger partial charge in [-0.25, -0.2) is 0 Å². The maximum Gasteiger partial charge on any atom is 0.253 e. The number of carbonyl (C=O) groups excluding carboxylic acids is 1.